The summed E-state index contributed by atoms with van der Waals surface area (Å²) in [4.78, 5) is 19.6. The Morgan fingerprint density at radius 2 is 1.79 bits per heavy atom. The highest BCUT2D eigenvalue weighted by atomic mass is 32.2. The highest BCUT2D eigenvalue weighted by molar-refractivity contribution is 7.98. The average Bonchev–Trinajstić information content (AvgIpc) is 3.21. The van der Waals surface area contributed by atoms with Gasteiger partial charge in [-0.05, 0) is 67.1 Å². The van der Waals surface area contributed by atoms with Crippen LogP contribution in [0.25, 0.3) is 11.0 Å². The van der Waals surface area contributed by atoms with E-state index in [0.29, 0.717) is 5.57 Å². The summed E-state index contributed by atoms with van der Waals surface area (Å²) in [5.74, 6) is 0.628. The summed E-state index contributed by atoms with van der Waals surface area (Å²) in [5, 5.41) is 6.49. The van der Waals surface area contributed by atoms with Crippen molar-refractivity contribution in [2.75, 3.05) is 16.9 Å². The number of fused-ring (bicyclic) bond motifs is 3. The molecule has 1 aliphatic heterocycles. The van der Waals surface area contributed by atoms with Crippen molar-refractivity contribution in [2.45, 2.75) is 31.2 Å². The van der Waals surface area contributed by atoms with Gasteiger partial charge in [-0.25, -0.2) is 4.98 Å². The van der Waals surface area contributed by atoms with Crippen molar-refractivity contribution in [1.29, 1.82) is 0 Å². The standard InChI is InChI=1S/C27H26N4OS/c1-4-18-9-13-20(14-10-18)29-26(32)24-17(2)28-27-30-22-7-5-6-8-23(22)31(27)25(24)19-11-15-21(33-3)16-12-19/h5-16,25H,4H2,1-3H3,(H,28,30)(H,29,32)/t25-/m1/s1. The van der Waals surface area contributed by atoms with Gasteiger partial charge in [0.05, 0.1) is 22.6 Å². The first-order valence-corrected chi connectivity index (χ1v) is 12.3. The Kier molecular flexibility index (Phi) is 5.68. The molecule has 0 aliphatic carbocycles. The monoisotopic (exact) mass is 454 g/mol. The molecular weight excluding hydrogens is 428 g/mol. The van der Waals surface area contributed by atoms with Gasteiger partial charge >= 0.3 is 0 Å². The van der Waals surface area contributed by atoms with Gasteiger partial charge in [0.15, 0.2) is 0 Å². The second-order valence-corrected chi connectivity index (χ2v) is 9.02. The molecule has 0 radical (unpaired) electrons. The molecule has 0 fully saturated rings. The molecule has 6 heteroatoms. The van der Waals surface area contributed by atoms with Crippen molar-refractivity contribution in [3.63, 3.8) is 0 Å². The van der Waals surface area contributed by atoms with Gasteiger partial charge < -0.3 is 10.6 Å². The van der Waals surface area contributed by atoms with Crippen LogP contribution < -0.4 is 10.6 Å². The van der Waals surface area contributed by atoms with E-state index in [9.17, 15) is 4.79 Å². The number of carbonyl (C=O) groups is 1. The zero-order valence-electron chi connectivity index (χ0n) is 18.9. The summed E-state index contributed by atoms with van der Waals surface area (Å²) < 4.78 is 2.13. The summed E-state index contributed by atoms with van der Waals surface area (Å²) >= 11 is 1.70. The number of thioether (sulfide) groups is 1. The molecule has 0 spiro atoms. The molecule has 0 saturated heterocycles. The van der Waals surface area contributed by atoms with Crippen molar-refractivity contribution in [3.8, 4) is 0 Å². The number of hydrogen-bond donors (Lipinski definition) is 2. The predicted octanol–water partition coefficient (Wildman–Crippen LogP) is 6.25. The summed E-state index contributed by atoms with van der Waals surface area (Å²) in [7, 11) is 0. The Hall–Kier alpha value is -3.51. The SMILES string of the molecule is CCc1ccc(NC(=O)C2=C(C)Nc3nc4ccccc4n3[C@@H]2c2ccc(SC)cc2)cc1. The van der Waals surface area contributed by atoms with Gasteiger partial charge in [-0.1, -0.05) is 43.3 Å². The van der Waals surface area contributed by atoms with Crippen LogP contribution in [0.3, 0.4) is 0 Å². The van der Waals surface area contributed by atoms with Crippen LogP contribution in [0, 0.1) is 0 Å². The molecule has 1 amide bonds. The number of amides is 1. The van der Waals surface area contributed by atoms with Crippen LogP contribution in [-0.4, -0.2) is 21.7 Å². The Morgan fingerprint density at radius 1 is 1.06 bits per heavy atom. The lowest BCUT2D eigenvalue weighted by Crippen LogP contribution is -2.30. The van der Waals surface area contributed by atoms with E-state index in [1.54, 1.807) is 11.8 Å². The maximum atomic E-state index is 13.7. The minimum atomic E-state index is -0.292. The van der Waals surface area contributed by atoms with E-state index in [-0.39, 0.29) is 11.9 Å². The maximum absolute atomic E-state index is 13.7. The molecule has 5 nitrogen and oxygen atoms in total. The smallest absolute Gasteiger partial charge is 0.255 e. The number of benzene rings is 3. The fraction of sp³-hybridized carbons (Fsp3) is 0.185. The molecule has 0 saturated carbocycles. The number of carbonyl (C=O) groups excluding carboxylic acids is 1. The van der Waals surface area contributed by atoms with E-state index in [0.717, 1.165) is 40.4 Å². The molecule has 1 atom stereocenters. The number of anilines is 2. The molecule has 33 heavy (non-hydrogen) atoms. The molecule has 1 aliphatic rings. The zero-order chi connectivity index (χ0) is 22.9. The fourth-order valence-corrected chi connectivity index (χ4v) is 4.79. The van der Waals surface area contributed by atoms with E-state index in [2.05, 4.69) is 70.8 Å². The Morgan fingerprint density at radius 3 is 2.48 bits per heavy atom. The Bertz CT molecular complexity index is 1350. The molecule has 4 aromatic rings. The second-order valence-electron chi connectivity index (χ2n) is 8.14. The molecule has 5 rings (SSSR count). The van der Waals surface area contributed by atoms with Crippen LogP contribution in [0.2, 0.25) is 0 Å². The van der Waals surface area contributed by atoms with Crippen molar-refractivity contribution >= 4 is 40.3 Å². The van der Waals surface area contributed by atoms with E-state index < -0.39 is 0 Å². The van der Waals surface area contributed by atoms with Gasteiger partial charge in [-0.3, -0.25) is 9.36 Å². The lowest BCUT2D eigenvalue weighted by atomic mass is 9.94. The number of nitrogens with one attached hydrogen (secondary N) is 2. The third kappa shape index (κ3) is 3.91. The molecule has 1 aromatic heterocycles. The largest absolute Gasteiger partial charge is 0.329 e. The third-order valence-corrected chi connectivity index (χ3v) is 6.87. The molecule has 0 bridgehead atoms. The number of rotatable bonds is 5. The van der Waals surface area contributed by atoms with Crippen LogP contribution in [0.4, 0.5) is 11.6 Å². The Balaban J connectivity index is 1.61. The van der Waals surface area contributed by atoms with Gasteiger partial charge in [0.2, 0.25) is 5.95 Å². The first-order valence-electron chi connectivity index (χ1n) is 11.1. The molecular formula is C27H26N4OS. The number of para-hydroxylation sites is 2. The topological polar surface area (TPSA) is 59.0 Å². The first-order chi connectivity index (χ1) is 16.1. The minimum absolute atomic E-state index is 0.119. The van der Waals surface area contributed by atoms with Crippen LogP contribution in [-0.2, 0) is 11.2 Å². The average molecular weight is 455 g/mol. The van der Waals surface area contributed by atoms with Crippen molar-refractivity contribution in [3.05, 3.63) is 95.2 Å². The number of aromatic nitrogens is 2. The number of hydrogen-bond acceptors (Lipinski definition) is 4. The normalized spacial score (nSPS) is 15.3. The van der Waals surface area contributed by atoms with Gasteiger partial charge in [0, 0.05) is 16.3 Å². The molecule has 0 unspecified atom stereocenters. The molecule has 166 valence electrons. The lowest BCUT2D eigenvalue weighted by Gasteiger charge is -2.31. The van der Waals surface area contributed by atoms with Gasteiger partial charge in [-0.15, -0.1) is 11.8 Å². The Labute approximate surface area is 197 Å². The maximum Gasteiger partial charge on any atom is 0.255 e. The van der Waals surface area contributed by atoms with E-state index in [1.807, 2.05) is 37.3 Å². The third-order valence-electron chi connectivity index (χ3n) is 6.13. The number of allylic oxidation sites excluding steroid dienone is 1. The summed E-state index contributed by atoms with van der Waals surface area (Å²) in [5.41, 5.74) is 6.45. The van der Waals surface area contributed by atoms with E-state index >= 15 is 0 Å². The van der Waals surface area contributed by atoms with Crippen molar-refractivity contribution in [2.24, 2.45) is 0 Å². The zero-order valence-corrected chi connectivity index (χ0v) is 19.7. The van der Waals surface area contributed by atoms with Gasteiger partial charge in [0.1, 0.15) is 0 Å². The minimum Gasteiger partial charge on any atom is -0.329 e. The summed E-state index contributed by atoms with van der Waals surface area (Å²) in [6.07, 6.45) is 3.03. The summed E-state index contributed by atoms with van der Waals surface area (Å²) in [6, 6.07) is 24.2. The van der Waals surface area contributed by atoms with Crippen LogP contribution in [0.1, 0.15) is 31.0 Å². The number of imidazole rings is 1. The highest BCUT2D eigenvalue weighted by Gasteiger charge is 2.34. The van der Waals surface area contributed by atoms with Crippen LogP contribution >= 0.6 is 11.8 Å². The quantitative estimate of drug-likeness (QED) is 0.350. The first kappa shape index (κ1) is 21.3. The molecule has 2 N–H and O–H groups in total. The summed E-state index contributed by atoms with van der Waals surface area (Å²) in [6.45, 7) is 4.07. The van der Waals surface area contributed by atoms with Crippen molar-refractivity contribution in [1.82, 2.24) is 9.55 Å². The van der Waals surface area contributed by atoms with E-state index in [1.165, 1.54) is 10.5 Å². The van der Waals surface area contributed by atoms with E-state index in [4.69, 9.17) is 4.98 Å². The van der Waals surface area contributed by atoms with Crippen LogP contribution in [0.15, 0.2) is 89.0 Å². The van der Waals surface area contributed by atoms with Gasteiger partial charge in [0.25, 0.3) is 5.91 Å². The molecule has 3 aromatic carbocycles. The molecule has 2 heterocycles. The predicted molar refractivity (Wildman–Crippen MR) is 137 cm³/mol. The van der Waals surface area contributed by atoms with Crippen molar-refractivity contribution < 1.29 is 4.79 Å². The number of nitrogens with zero attached hydrogens (tertiary/aromatic N) is 2. The number of aryl methyl sites for hydroxylation is 1. The highest BCUT2D eigenvalue weighted by Crippen LogP contribution is 2.39. The van der Waals surface area contributed by atoms with Gasteiger partial charge in [-0.2, -0.15) is 0 Å². The second kappa shape index (κ2) is 8.79. The lowest BCUT2D eigenvalue weighted by molar-refractivity contribution is -0.113. The van der Waals surface area contributed by atoms with Crippen LogP contribution in [0.5, 0.6) is 0 Å². The fourth-order valence-electron chi connectivity index (χ4n) is 4.38.